The molecule has 2 aromatic rings. The first kappa shape index (κ1) is 16.0. The van der Waals surface area contributed by atoms with Crippen LogP contribution in [0.5, 0.6) is 23.0 Å². The standard InChI is InChI=1S/C17H14F2O5/c1-10(23-13-6-7-14-15(8-13)22-9-21-14)16(20)11-2-4-12(5-3-11)24-17(18)19/h2-8,10,17H,9H2,1H3/t10-/m1/s1. The van der Waals surface area contributed by atoms with Gasteiger partial charge in [0.25, 0.3) is 0 Å². The predicted octanol–water partition coefficient (Wildman–Crippen LogP) is 3.67. The molecule has 1 heterocycles. The Labute approximate surface area is 136 Å². The lowest BCUT2D eigenvalue weighted by molar-refractivity contribution is -0.0498. The molecule has 0 radical (unpaired) electrons. The molecule has 0 fully saturated rings. The second-order valence-corrected chi connectivity index (χ2v) is 5.04. The van der Waals surface area contributed by atoms with Gasteiger partial charge in [-0.25, -0.2) is 0 Å². The normalized spacial score (nSPS) is 13.7. The molecule has 0 saturated heterocycles. The summed E-state index contributed by atoms with van der Waals surface area (Å²) in [5, 5.41) is 0. The van der Waals surface area contributed by atoms with Crippen molar-refractivity contribution in [3.63, 3.8) is 0 Å². The van der Waals surface area contributed by atoms with Crippen LogP contribution < -0.4 is 18.9 Å². The van der Waals surface area contributed by atoms with Crippen LogP contribution >= 0.6 is 0 Å². The highest BCUT2D eigenvalue weighted by Gasteiger charge is 2.19. The number of ether oxygens (including phenoxy) is 4. The summed E-state index contributed by atoms with van der Waals surface area (Å²) in [6.07, 6.45) is -0.757. The molecule has 1 aliphatic rings. The number of ketones is 1. The first-order valence-electron chi connectivity index (χ1n) is 7.18. The number of halogens is 2. The van der Waals surface area contributed by atoms with E-state index < -0.39 is 12.7 Å². The number of hydrogen-bond acceptors (Lipinski definition) is 5. The molecule has 0 amide bonds. The fraction of sp³-hybridized carbons (Fsp3) is 0.235. The van der Waals surface area contributed by atoms with Crippen molar-refractivity contribution in [1.29, 1.82) is 0 Å². The second kappa shape index (κ2) is 6.74. The Kier molecular flexibility index (Phi) is 4.50. The molecular formula is C17H14F2O5. The smallest absolute Gasteiger partial charge is 0.387 e. The van der Waals surface area contributed by atoms with E-state index in [1.165, 1.54) is 24.3 Å². The van der Waals surface area contributed by atoms with Crippen LogP contribution in [0.3, 0.4) is 0 Å². The van der Waals surface area contributed by atoms with Gasteiger partial charge in [0.2, 0.25) is 12.6 Å². The zero-order chi connectivity index (χ0) is 17.1. The molecule has 2 aromatic carbocycles. The first-order chi connectivity index (χ1) is 11.5. The van der Waals surface area contributed by atoms with Crippen LogP contribution in [0.1, 0.15) is 17.3 Å². The molecule has 7 heteroatoms. The maximum atomic E-state index is 12.3. The summed E-state index contributed by atoms with van der Waals surface area (Å²) in [6.45, 7) is -1.14. The largest absolute Gasteiger partial charge is 0.482 e. The second-order valence-electron chi connectivity index (χ2n) is 5.04. The number of carbonyl (C=O) groups is 1. The van der Waals surface area contributed by atoms with Gasteiger partial charge in [0, 0.05) is 11.6 Å². The van der Waals surface area contributed by atoms with Crippen molar-refractivity contribution in [3.05, 3.63) is 48.0 Å². The molecule has 0 aliphatic carbocycles. The van der Waals surface area contributed by atoms with Gasteiger partial charge < -0.3 is 18.9 Å². The van der Waals surface area contributed by atoms with Crippen molar-refractivity contribution in [2.24, 2.45) is 0 Å². The molecule has 24 heavy (non-hydrogen) atoms. The van der Waals surface area contributed by atoms with E-state index in [2.05, 4.69) is 4.74 Å². The molecule has 0 bridgehead atoms. The highest BCUT2D eigenvalue weighted by Crippen LogP contribution is 2.35. The van der Waals surface area contributed by atoms with Gasteiger partial charge in [-0.15, -0.1) is 0 Å². The van der Waals surface area contributed by atoms with Crippen molar-refractivity contribution in [2.75, 3.05) is 6.79 Å². The number of alkyl halides is 2. The summed E-state index contributed by atoms with van der Waals surface area (Å²) in [7, 11) is 0. The monoisotopic (exact) mass is 336 g/mol. The summed E-state index contributed by atoms with van der Waals surface area (Å²) < 4.78 is 44.5. The van der Waals surface area contributed by atoms with Gasteiger partial charge in [0.05, 0.1) is 0 Å². The average molecular weight is 336 g/mol. The molecule has 0 N–H and O–H groups in total. The van der Waals surface area contributed by atoms with E-state index >= 15 is 0 Å². The number of Topliss-reactive ketones (excluding diaryl/α,β-unsaturated/α-hetero) is 1. The van der Waals surface area contributed by atoms with Crippen molar-refractivity contribution in [3.8, 4) is 23.0 Å². The fourth-order valence-corrected chi connectivity index (χ4v) is 2.24. The summed E-state index contributed by atoms with van der Waals surface area (Å²) in [5.74, 6) is 1.36. The van der Waals surface area contributed by atoms with Crippen molar-refractivity contribution in [2.45, 2.75) is 19.6 Å². The van der Waals surface area contributed by atoms with Gasteiger partial charge in [0.1, 0.15) is 11.5 Å². The van der Waals surface area contributed by atoms with Crippen LogP contribution in [0.25, 0.3) is 0 Å². The SMILES string of the molecule is C[C@@H](Oc1ccc2c(c1)OCO2)C(=O)c1ccc(OC(F)F)cc1. The Bertz CT molecular complexity index is 730. The summed E-state index contributed by atoms with van der Waals surface area (Å²) >= 11 is 0. The molecule has 0 saturated carbocycles. The lowest BCUT2D eigenvalue weighted by Gasteiger charge is -2.14. The van der Waals surface area contributed by atoms with Crippen LogP contribution in [0.15, 0.2) is 42.5 Å². The molecule has 3 rings (SSSR count). The number of benzene rings is 2. The summed E-state index contributed by atoms with van der Waals surface area (Å²) in [4.78, 5) is 12.3. The van der Waals surface area contributed by atoms with E-state index in [1.807, 2.05) is 0 Å². The van der Waals surface area contributed by atoms with E-state index in [0.717, 1.165) is 0 Å². The topological polar surface area (TPSA) is 54.0 Å². The van der Waals surface area contributed by atoms with Crippen molar-refractivity contribution >= 4 is 5.78 Å². The third-order valence-electron chi connectivity index (χ3n) is 3.39. The minimum absolute atomic E-state index is 0.00843. The summed E-state index contributed by atoms with van der Waals surface area (Å²) in [5.41, 5.74) is 0.338. The van der Waals surface area contributed by atoms with Crippen molar-refractivity contribution < 1.29 is 32.5 Å². The minimum atomic E-state index is -2.90. The number of hydrogen-bond donors (Lipinski definition) is 0. The van der Waals surface area contributed by atoms with E-state index in [-0.39, 0.29) is 18.3 Å². The summed E-state index contributed by atoms with van der Waals surface area (Å²) in [6, 6.07) is 10.5. The minimum Gasteiger partial charge on any atom is -0.482 e. The molecule has 0 spiro atoms. The van der Waals surface area contributed by atoms with E-state index in [1.54, 1.807) is 25.1 Å². The maximum Gasteiger partial charge on any atom is 0.387 e. The fourth-order valence-electron chi connectivity index (χ4n) is 2.24. The number of fused-ring (bicyclic) bond motifs is 1. The Balaban J connectivity index is 1.66. The van der Waals surface area contributed by atoms with Gasteiger partial charge in [0.15, 0.2) is 17.6 Å². The Hall–Kier alpha value is -2.83. The molecule has 5 nitrogen and oxygen atoms in total. The molecule has 1 aliphatic heterocycles. The molecule has 0 aromatic heterocycles. The molecule has 0 unspecified atom stereocenters. The van der Waals surface area contributed by atoms with Crippen molar-refractivity contribution in [1.82, 2.24) is 0 Å². The van der Waals surface area contributed by atoms with Gasteiger partial charge in [-0.1, -0.05) is 0 Å². The van der Waals surface area contributed by atoms with Crippen LogP contribution in [-0.4, -0.2) is 25.3 Å². The Morgan fingerprint density at radius 3 is 2.38 bits per heavy atom. The van der Waals surface area contributed by atoms with E-state index in [4.69, 9.17) is 14.2 Å². The zero-order valence-electron chi connectivity index (χ0n) is 12.7. The number of carbonyl (C=O) groups excluding carboxylic acids is 1. The predicted molar refractivity (Wildman–Crippen MR) is 80.1 cm³/mol. The Morgan fingerprint density at radius 2 is 1.67 bits per heavy atom. The van der Waals surface area contributed by atoms with Crippen LogP contribution in [0, 0.1) is 0 Å². The first-order valence-corrected chi connectivity index (χ1v) is 7.18. The third-order valence-corrected chi connectivity index (χ3v) is 3.39. The zero-order valence-corrected chi connectivity index (χ0v) is 12.7. The van der Waals surface area contributed by atoms with Gasteiger partial charge in [-0.3, -0.25) is 4.79 Å². The lowest BCUT2D eigenvalue weighted by Crippen LogP contribution is -2.23. The van der Waals surface area contributed by atoms with E-state index in [0.29, 0.717) is 22.8 Å². The van der Waals surface area contributed by atoms with Gasteiger partial charge in [-0.2, -0.15) is 8.78 Å². The average Bonchev–Trinajstić information content (AvgIpc) is 3.02. The maximum absolute atomic E-state index is 12.3. The third kappa shape index (κ3) is 3.56. The lowest BCUT2D eigenvalue weighted by atomic mass is 10.1. The van der Waals surface area contributed by atoms with Crippen LogP contribution in [0.4, 0.5) is 8.78 Å². The molecular weight excluding hydrogens is 322 g/mol. The van der Waals surface area contributed by atoms with Crippen LogP contribution in [-0.2, 0) is 0 Å². The highest BCUT2D eigenvalue weighted by atomic mass is 19.3. The number of rotatable bonds is 6. The molecule has 1 atom stereocenters. The van der Waals surface area contributed by atoms with Crippen LogP contribution in [0.2, 0.25) is 0 Å². The quantitative estimate of drug-likeness (QED) is 0.754. The van der Waals surface area contributed by atoms with Gasteiger partial charge >= 0.3 is 6.61 Å². The van der Waals surface area contributed by atoms with Gasteiger partial charge in [-0.05, 0) is 43.3 Å². The highest BCUT2D eigenvalue weighted by molar-refractivity contribution is 5.99. The van der Waals surface area contributed by atoms with E-state index in [9.17, 15) is 13.6 Å². The Morgan fingerprint density at radius 1 is 1.00 bits per heavy atom. The molecule has 126 valence electrons.